The van der Waals surface area contributed by atoms with Gasteiger partial charge in [-0.15, -0.1) is 11.8 Å². The topological polar surface area (TPSA) is 71.9 Å². The Morgan fingerprint density at radius 2 is 2.03 bits per heavy atom. The molecule has 2 heterocycles. The number of aromatic nitrogens is 1. The van der Waals surface area contributed by atoms with E-state index < -0.39 is 12.1 Å². The number of likely N-dealkylation sites (tertiary alicyclic amines) is 1. The second kappa shape index (κ2) is 13.1. The number of piperidine rings is 1. The second-order valence-electron chi connectivity index (χ2n) is 9.53. The Morgan fingerprint density at radius 3 is 2.81 bits per heavy atom. The zero-order chi connectivity index (χ0) is 26.2. The van der Waals surface area contributed by atoms with Crippen molar-refractivity contribution in [1.82, 2.24) is 9.88 Å². The number of carboxylic acids is 1. The zero-order valence-corrected chi connectivity index (χ0v) is 22.3. The first-order chi connectivity index (χ1) is 18.0. The number of hydrogen-bond donors (Lipinski definition) is 1. The fourth-order valence-electron chi connectivity index (χ4n) is 5.28. The number of rotatable bonds is 12. The summed E-state index contributed by atoms with van der Waals surface area (Å²) in [6.45, 7) is 2.51. The quantitative estimate of drug-likeness (QED) is 0.280. The van der Waals surface area contributed by atoms with Gasteiger partial charge < -0.3 is 19.5 Å². The summed E-state index contributed by atoms with van der Waals surface area (Å²) in [7, 11) is 3.27. The number of methoxy groups -OCH3 is 2. The Kier molecular flexibility index (Phi) is 9.63. The molecule has 1 aliphatic heterocycles. The van der Waals surface area contributed by atoms with Crippen LogP contribution in [0.15, 0.2) is 59.6 Å². The summed E-state index contributed by atoms with van der Waals surface area (Å²) in [6, 6.07) is 15.2. The number of para-hydroxylation sites is 1. The van der Waals surface area contributed by atoms with Crippen LogP contribution in [0.1, 0.15) is 37.4 Å². The van der Waals surface area contributed by atoms with E-state index in [2.05, 4.69) is 16.0 Å². The number of ether oxygens (including phenoxy) is 2. The van der Waals surface area contributed by atoms with E-state index in [1.54, 1.807) is 38.2 Å². The summed E-state index contributed by atoms with van der Waals surface area (Å²) in [4.78, 5) is 19.4. The van der Waals surface area contributed by atoms with Crippen LogP contribution < -0.4 is 9.47 Å². The van der Waals surface area contributed by atoms with Gasteiger partial charge in [-0.25, -0.2) is 4.39 Å². The van der Waals surface area contributed by atoms with Crippen molar-refractivity contribution in [2.45, 2.75) is 36.8 Å². The molecule has 1 aliphatic rings. The highest BCUT2D eigenvalue weighted by atomic mass is 32.2. The van der Waals surface area contributed by atoms with Gasteiger partial charge in [0.15, 0.2) is 0 Å². The van der Waals surface area contributed by atoms with Crippen LogP contribution in [0.25, 0.3) is 10.9 Å². The average molecular weight is 527 g/mol. The number of carbonyl (C=O) groups is 1. The first-order valence-corrected chi connectivity index (χ1v) is 13.7. The van der Waals surface area contributed by atoms with Crippen molar-refractivity contribution in [1.29, 1.82) is 0 Å². The molecule has 1 saturated heterocycles. The molecule has 0 unspecified atom stereocenters. The van der Waals surface area contributed by atoms with Crippen molar-refractivity contribution < 1.29 is 23.8 Å². The lowest BCUT2D eigenvalue weighted by Crippen LogP contribution is -2.42. The summed E-state index contributed by atoms with van der Waals surface area (Å²) in [5, 5.41) is 10.3. The molecule has 4 rings (SSSR count). The SMILES string of the molecule is COc1ccc2nccc([C@H](F)CC[C@@H]3CCN(CCSc4ccccc4OC)C[C@@H]3CC(=O)O)c2c1. The summed E-state index contributed by atoms with van der Waals surface area (Å²) < 4.78 is 26.3. The lowest BCUT2D eigenvalue weighted by atomic mass is 9.79. The molecule has 0 radical (unpaired) electrons. The van der Waals surface area contributed by atoms with Crippen LogP contribution in [0.5, 0.6) is 11.5 Å². The standard InChI is InChI=1S/C29H35FN2O4S/c1-35-22-8-10-26-24(18-22)23(11-13-31-26)25(30)9-7-20-12-14-32(19-21(20)17-29(33)34)15-16-37-28-6-4-3-5-27(28)36-2/h3-6,8,10-11,13,18,20-21,25H,7,9,12,14-17,19H2,1-2H3,(H,33,34)/t20-,21+,25-/m1/s1. The molecule has 1 aromatic heterocycles. The molecule has 3 aromatic rings. The Bertz CT molecular complexity index is 1190. The molecule has 1 fully saturated rings. The minimum absolute atomic E-state index is 0.0176. The minimum atomic E-state index is -1.14. The highest BCUT2D eigenvalue weighted by Crippen LogP contribution is 2.36. The Hall–Kier alpha value is -2.84. The number of thioether (sulfide) groups is 1. The normalized spacial score (nSPS) is 19.0. The van der Waals surface area contributed by atoms with Crippen LogP contribution in [0.3, 0.4) is 0 Å². The number of pyridine rings is 1. The van der Waals surface area contributed by atoms with E-state index in [0.717, 1.165) is 53.4 Å². The van der Waals surface area contributed by atoms with Gasteiger partial charge >= 0.3 is 5.97 Å². The highest BCUT2D eigenvalue weighted by molar-refractivity contribution is 7.99. The minimum Gasteiger partial charge on any atom is -0.497 e. The third-order valence-electron chi connectivity index (χ3n) is 7.26. The summed E-state index contributed by atoms with van der Waals surface area (Å²) >= 11 is 1.75. The Morgan fingerprint density at radius 1 is 1.19 bits per heavy atom. The summed E-state index contributed by atoms with van der Waals surface area (Å²) in [5.41, 5.74) is 1.36. The monoisotopic (exact) mass is 526 g/mol. The van der Waals surface area contributed by atoms with E-state index in [-0.39, 0.29) is 18.3 Å². The molecule has 0 bridgehead atoms. The van der Waals surface area contributed by atoms with Gasteiger partial charge in [-0.3, -0.25) is 9.78 Å². The molecular weight excluding hydrogens is 491 g/mol. The predicted molar refractivity (Wildman–Crippen MR) is 145 cm³/mol. The maximum atomic E-state index is 15.5. The van der Waals surface area contributed by atoms with E-state index >= 15 is 4.39 Å². The van der Waals surface area contributed by atoms with E-state index in [4.69, 9.17) is 9.47 Å². The van der Waals surface area contributed by atoms with Gasteiger partial charge in [0.25, 0.3) is 0 Å². The fraction of sp³-hybridized carbons (Fsp3) is 0.448. The van der Waals surface area contributed by atoms with Crippen LogP contribution in [0, 0.1) is 11.8 Å². The molecule has 6 nitrogen and oxygen atoms in total. The van der Waals surface area contributed by atoms with Crippen LogP contribution in [0.2, 0.25) is 0 Å². The largest absolute Gasteiger partial charge is 0.497 e. The Balaban J connectivity index is 1.35. The van der Waals surface area contributed by atoms with Gasteiger partial charge in [0, 0.05) is 41.7 Å². The third-order valence-corrected chi connectivity index (χ3v) is 8.29. The molecule has 0 aliphatic carbocycles. The van der Waals surface area contributed by atoms with E-state index in [1.165, 1.54) is 0 Å². The van der Waals surface area contributed by atoms with Gasteiger partial charge in [0.1, 0.15) is 17.7 Å². The molecule has 0 saturated carbocycles. The number of fused-ring (bicyclic) bond motifs is 1. The zero-order valence-electron chi connectivity index (χ0n) is 21.4. The molecule has 3 atom stereocenters. The molecule has 8 heteroatoms. The van der Waals surface area contributed by atoms with Crippen LogP contribution >= 0.6 is 11.8 Å². The molecule has 0 spiro atoms. The average Bonchev–Trinajstić information content (AvgIpc) is 2.91. The molecular formula is C29H35FN2O4S. The second-order valence-corrected chi connectivity index (χ2v) is 10.7. The first kappa shape index (κ1) is 27.2. The van der Waals surface area contributed by atoms with Gasteiger partial charge in [0.05, 0.1) is 19.7 Å². The van der Waals surface area contributed by atoms with Crippen molar-refractivity contribution in [2.24, 2.45) is 11.8 Å². The lowest BCUT2D eigenvalue weighted by Gasteiger charge is -2.38. The number of benzene rings is 2. The van der Waals surface area contributed by atoms with Crippen molar-refractivity contribution in [3.05, 3.63) is 60.3 Å². The smallest absolute Gasteiger partial charge is 0.303 e. The molecule has 198 valence electrons. The number of carboxylic acid groups (broad SMARTS) is 1. The maximum absolute atomic E-state index is 15.5. The predicted octanol–water partition coefficient (Wildman–Crippen LogP) is 6.25. The third kappa shape index (κ3) is 7.14. The summed E-state index contributed by atoms with van der Waals surface area (Å²) in [5.74, 6) is 1.86. The lowest BCUT2D eigenvalue weighted by molar-refractivity contribution is -0.139. The maximum Gasteiger partial charge on any atom is 0.303 e. The van der Waals surface area contributed by atoms with Crippen molar-refractivity contribution in [3.63, 3.8) is 0 Å². The highest BCUT2D eigenvalue weighted by Gasteiger charge is 2.31. The van der Waals surface area contributed by atoms with Gasteiger partial charge in [-0.1, -0.05) is 12.1 Å². The molecule has 0 amide bonds. The molecule has 1 N–H and O–H groups in total. The number of hydrogen-bond acceptors (Lipinski definition) is 6. The van der Waals surface area contributed by atoms with Crippen LogP contribution in [-0.4, -0.2) is 60.6 Å². The number of nitrogens with zero attached hydrogens (tertiary/aromatic N) is 2. The van der Waals surface area contributed by atoms with Crippen LogP contribution in [0.4, 0.5) is 4.39 Å². The first-order valence-electron chi connectivity index (χ1n) is 12.7. The van der Waals surface area contributed by atoms with Gasteiger partial charge in [0.2, 0.25) is 0 Å². The number of halogens is 1. The molecule has 2 aromatic carbocycles. The van der Waals surface area contributed by atoms with Crippen LogP contribution in [-0.2, 0) is 4.79 Å². The van der Waals surface area contributed by atoms with Crippen molar-refractivity contribution >= 4 is 28.6 Å². The van der Waals surface area contributed by atoms with E-state index in [9.17, 15) is 9.90 Å². The number of alkyl halides is 1. The molecule has 37 heavy (non-hydrogen) atoms. The van der Waals surface area contributed by atoms with E-state index in [0.29, 0.717) is 24.2 Å². The van der Waals surface area contributed by atoms with Crippen molar-refractivity contribution in [3.8, 4) is 11.5 Å². The van der Waals surface area contributed by atoms with Crippen molar-refractivity contribution in [2.75, 3.05) is 39.6 Å². The fourth-order valence-corrected chi connectivity index (χ4v) is 6.32. The van der Waals surface area contributed by atoms with Gasteiger partial charge in [-0.05, 0) is 79.6 Å². The van der Waals surface area contributed by atoms with E-state index in [1.807, 2.05) is 36.4 Å². The van der Waals surface area contributed by atoms with Gasteiger partial charge in [-0.2, -0.15) is 0 Å². The summed E-state index contributed by atoms with van der Waals surface area (Å²) in [6.07, 6.45) is 2.53. The number of aliphatic carboxylic acids is 1. The Labute approximate surface area is 222 Å².